The molecule has 9 heavy (non-hydrogen) atoms. The zero-order valence-corrected chi connectivity index (χ0v) is 5.81. The highest BCUT2D eigenvalue weighted by Gasteiger charge is 1.98. The summed E-state index contributed by atoms with van der Waals surface area (Å²) in [6.07, 6.45) is 2.84. The Morgan fingerprint density at radius 3 is 2.44 bits per heavy atom. The molecule has 0 spiro atoms. The van der Waals surface area contributed by atoms with Crippen molar-refractivity contribution in [1.82, 2.24) is 0 Å². The van der Waals surface area contributed by atoms with Gasteiger partial charge in [-0.2, -0.15) is 0 Å². The van der Waals surface area contributed by atoms with E-state index in [1.807, 2.05) is 13.0 Å². The van der Waals surface area contributed by atoms with Crippen LogP contribution in [0, 0.1) is 0 Å². The van der Waals surface area contributed by atoms with Crippen LogP contribution in [0.4, 0.5) is 0 Å². The summed E-state index contributed by atoms with van der Waals surface area (Å²) < 4.78 is 0. The molecule has 0 N–H and O–H groups in total. The van der Waals surface area contributed by atoms with Crippen LogP contribution in [0.15, 0.2) is 11.6 Å². The number of carbonyl (C=O) groups excluding carboxylic acids is 1. The molecule has 0 rings (SSSR count). The molecule has 0 amide bonds. The van der Waals surface area contributed by atoms with E-state index in [-0.39, 0.29) is 6.42 Å². The molecule has 0 atom stereocenters. The van der Waals surface area contributed by atoms with Crippen LogP contribution >= 0.6 is 0 Å². The standard InChI is InChI=1S/C7H11O2/c1-3-4-6(2)5-7(8)9/h4H,3,5H2,1-2H3. The van der Waals surface area contributed by atoms with Gasteiger partial charge in [0.15, 0.2) is 0 Å². The molecule has 0 aliphatic rings. The lowest BCUT2D eigenvalue weighted by Gasteiger charge is -1.90. The highest BCUT2D eigenvalue weighted by atomic mass is 16.4. The fourth-order valence-corrected chi connectivity index (χ4v) is 0.648. The minimum atomic E-state index is -1.00. The van der Waals surface area contributed by atoms with E-state index in [4.69, 9.17) is 0 Å². The quantitative estimate of drug-likeness (QED) is 0.531. The molecule has 1 radical (unpaired) electrons. The minimum Gasteiger partial charge on any atom is -0.247 e. The fourth-order valence-electron chi connectivity index (χ4n) is 0.648. The van der Waals surface area contributed by atoms with Crippen molar-refractivity contribution in [3.05, 3.63) is 11.6 Å². The maximum absolute atomic E-state index is 9.93. The number of allylic oxidation sites excluding steroid dienone is 1. The molecule has 0 fully saturated rings. The molecule has 2 nitrogen and oxygen atoms in total. The van der Waals surface area contributed by atoms with Crippen molar-refractivity contribution in [3.63, 3.8) is 0 Å². The van der Waals surface area contributed by atoms with Crippen molar-refractivity contribution < 1.29 is 9.90 Å². The topological polar surface area (TPSA) is 37.0 Å². The molecule has 0 saturated heterocycles. The third-order valence-corrected chi connectivity index (χ3v) is 0.976. The molecule has 0 unspecified atom stereocenters. The lowest BCUT2D eigenvalue weighted by atomic mass is 10.2. The first-order valence-corrected chi connectivity index (χ1v) is 3.02. The predicted molar refractivity (Wildman–Crippen MR) is 34.4 cm³/mol. The third kappa shape index (κ3) is 5.07. The lowest BCUT2D eigenvalue weighted by Crippen LogP contribution is -1.92. The SMILES string of the molecule is CCC=C(C)CC([O])=O. The number of hydrogen-bond acceptors (Lipinski definition) is 1. The van der Waals surface area contributed by atoms with Crippen LogP contribution in [0.25, 0.3) is 0 Å². The third-order valence-electron chi connectivity index (χ3n) is 0.976. The van der Waals surface area contributed by atoms with Gasteiger partial charge in [0.1, 0.15) is 0 Å². The van der Waals surface area contributed by atoms with Crippen LogP contribution in [0.2, 0.25) is 0 Å². The van der Waals surface area contributed by atoms with Gasteiger partial charge in [-0.05, 0) is 13.3 Å². The first kappa shape index (κ1) is 8.21. The van der Waals surface area contributed by atoms with Crippen LogP contribution in [-0.4, -0.2) is 5.97 Å². The van der Waals surface area contributed by atoms with Gasteiger partial charge in [0, 0.05) is 0 Å². The van der Waals surface area contributed by atoms with E-state index in [2.05, 4.69) is 0 Å². The molecule has 0 saturated carbocycles. The molecule has 0 aliphatic carbocycles. The highest BCUT2D eigenvalue weighted by Crippen LogP contribution is 2.00. The van der Waals surface area contributed by atoms with Crippen LogP contribution in [-0.2, 0) is 9.90 Å². The second-order valence-electron chi connectivity index (χ2n) is 2.01. The number of carbonyl (C=O) groups is 1. The molecule has 0 aromatic rings. The van der Waals surface area contributed by atoms with Gasteiger partial charge in [-0.3, -0.25) is 0 Å². The molecular formula is C7H11O2. The summed E-state index contributed by atoms with van der Waals surface area (Å²) in [6.45, 7) is 3.76. The van der Waals surface area contributed by atoms with E-state index in [1.54, 1.807) is 6.92 Å². The average Bonchev–Trinajstić information content (AvgIpc) is 1.63. The number of rotatable bonds is 3. The van der Waals surface area contributed by atoms with E-state index in [0.717, 1.165) is 12.0 Å². The largest absolute Gasteiger partial charge is 0.359 e. The van der Waals surface area contributed by atoms with Crippen LogP contribution in [0.1, 0.15) is 26.7 Å². The van der Waals surface area contributed by atoms with Crippen LogP contribution in [0.5, 0.6) is 0 Å². The number of hydrogen-bond donors (Lipinski definition) is 0. The maximum Gasteiger partial charge on any atom is 0.359 e. The first-order valence-electron chi connectivity index (χ1n) is 3.02. The molecule has 0 heterocycles. The Labute approximate surface area is 55.2 Å². The predicted octanol–water partition coefficient (Wildman–Crippen LogP) is 1.69. The van der Waals surface area contributed by atoms with Crippen molar-refractivity contribution in [3.8, 4) is 0 Å². The summed E-state index contributed by atoms with van der Waals surface area (Å²) in [4.78, 5) is 9.93. The van der Waals surface area contributed by atoms with Gasteiger partial charge < -0.3 is 0 Å². The maximum atomic E-state index is 9.93. The molecule has 0 aromatic carbocycles. The average molecular weight is 127 g/mol. The molecule has 51 valence electrons. The normalized spacial score (nSPS) is 11.6. The van der Waals surface area contributed by atoms with Gasteiger partial charge in [-0.15, -0.1) is 0 Å². The van der Waals surface area contributed by atoms with Gasteiger partial charge in [0.05, 0.1) is 6.42 Å². The summed E-state index contributed by atoms with van der Waals surface area (Å²) in [5, 5.41) is 9.93. The van der Waals surface area contributed by atoms with Crippen molar-refractivity contribution in [1.29, 1.82) is 0 Å². The first-order chi connectivity index (χ1) is 4.16. The second kappa shape index (κ2) is 4.13. The van der Waals surface area contributed by atoms with Crippen molar-refractivity contribution in [2.24, 2.45) is 0 Å². The van der Waals surface area contributed by atoms with Gasteiger partial charge in [-0.1, -0.05) is 18.6 Å². The van der Waals surface area contributed by atoms with Crippen molar-refractivity contribution >= 4 is 5.97 Å². The highest BCUT2D eigenvalue weighted by molar-refractivity contribution is 5.69. The van der Waals surface area contributed by atoms with E-state index in [9.17, 15) is 9.90 Å². The minimum absolute atomic E-state index is 0.0633. The molecule has 2 heteroatoms. The van der Waals surface area contributed by atoms with Crippen molar-refractivity contribution in [2.45, 2.75) is 26.7 Å². The van der Waals surface area contributed by atoms with Gasteiger partial charge in [0.25, 0.3) is 0 Å². The Morgan fingerprint density at radius 1 is 1.56 bits per heavy atom. The summed E-state index contributed by atoms with van der Waals surface area (Å²) in [5.74, 6) is -1.00. The molecule has 0 aromatic heterocycles. The Morgan fingerprint density at radius 2 is 2.11 bits per heavy atom. The van der Waals surface area contributed by atoms with Crippen LogP contribution in [0.3, 0.4) is 0 Å². The fraction of sp³-hybridized carbons (Fsp3) is 0.571. The Kier molecular flexibility index (Phi) is 3.76. The molecule has 0 bridgehead atoms. The van der Waals surface area contributed by atoms with Gasteiger partial charge in [0.2, 0.25) is 0 Å². The van der Waals surface area contributed by atoms with Crippen LogP contribution < -0.4 is 0 Å². The Bertz CT molecular complexity index is 125. The second-order valence-corrected chi connectivity index (χ2v) is 2.01. The molecular weight excluding hydrogens is 116 g/mol. The summed E-state index contributed by atoms with van der Waals surface area (Å²) in [7, 11) is 0. The zero-order chi connectivity index (χ0) is 7.28. The molecule has 0 aliphatic heterocycles. The summed E-state index contributed by atoms with van der Waals surface area (Å²) in [5.41, 5.74) is 0.873. The van der Waals surface area contributed by atoms with E-state index < -0.39 is 5.97 Å². The van der Waals surface area contributed by atoms with Gasteiger partial charge >= 0.3 is 5.97 Å². The summed E-state index contributed by atoms with van der Waals surface area (Å²) in [6, 6.07) is 0. The lowest BCUT2D eigenvalue weighted by molar-refractivity contribution is -0.142. The summed E-state index contributed by atoms with van der Waals surface area (Å²) >= 11 is 0. The van der Waals surface area contributed by atoms with E-state index in [0.29, 0.717) is 0 Å². The Hall–Kier alpha value is -0.790. The monoisotopic (exact) mass is 127 g/mol. The Balaban J connectivity index is 3.62. The van der Waals surface area contributed by atoms with Crippen molar-refractivity contribution in [2.75, 3.05) is 0 Å². The van der Waals surface area contributed by atoms with Gasteiger partial charge in [-0.25, -0.2) is 9.90 Å². The van der Waals surface area contributed by atoms with E-state index >= 15 is 0 Å². The smallest absolute Gasteiger partial charge is 0.247 e. The van der Waals surface area contributed by atoms with E-state index in [1.165, 1.54) is 0 Å². The zero-order valence-electron chi connectivity index (χ0n) is 5.81.